The third kappa shape index (κ3) is 1.41. The highest BCUT2D eigenvalue weighted by atomic mass is 16.2. The highest BCUT2D eigenvalue weighted by Crippen LogP contribution is 2.41. The van der Waals surface area contributed by atoms with Gasteiger partial charge in [0.2, 0.25) is 5.91 Å². The lowest BCUT2D eigenvalue weighted by Crippen LogP contribution is -2.66. The number of para-hydroxylation sites is 1. The highest BCUT2D eigenvalue weighted by molar-refractivity contribution is 6.00. The number of aromatic nitrogens is 1. The van der Waals surface area contributed by atoms with Gasteiger partial charge in [0.25, 0.3) is 5.91 Å². The van der Waals surface area contributed by atoms with Crippen molar-refractivity contribution in [1.29, 1.82) is 0 Å². The largest absolute Gasteiger partial charge is 0.356 e. The minimum atomic E-state index is -0.906. The number of H-pyrrole nitrogens is 1. The average Bonchev–Trinajstić information content (AvgIpc) is 2.85. The molecule has 2 aliphatic rings. The van der Waals surface area contributed by atoms with Crippen molar-refractivity contribution in [3.05, 3.63) is 35.5 Å². The normalized spacial score (nSPS) is 25.2. The van der Waals surface area contributed by atoms with E-state index in [0.29, 0.717) is 6.54 Å². The molecule has 2 aromatic rings. The first-order valence-electron chi connectivity index (χ1n) is 7.19. The number of likely N-dealkylation sites (N-methyl/N-ethyl adjacent to an activating group) is 1. The van der Waals surface area contributed by atoms with Gasteiger partial charge < -0.3 is 14.8 Å². The first-order chi connectivity index (χ1) is 10.0. The first-order valence-corrected chi connectivity index (χ1v) is 7.19. The zero-order valence-corrected chi connectivity index (χ0v) is 12.1. The van der Waals surface area contributed by atoms with Gasteiger partial charge >= 0.3 is 0 Å². The van der Waals surface area contributed by atoms with Crippen LogP contribution in [0.1, 0.15) is 18.2 Å². The number of piperazine rings is 1. The molecule has 2 amide bonds. The van der Waals surface area contributed by atoms with Crippen molar-refractivity contribution in [3.8, 4) is 0 Å². The molecule has 4 rings (SSSR count). The number of hydrogen-bond acceptors (Lipinski definition) is 2. The molecule has 3 heterocycles. The molecule has 21 heavy (non-hydrogen) atoms. The quantitative estimate of drug-likeness (QED) is 0.791. The van der Waals surface area contributed by atoms with E-state index in [-0.39, 0.29) is 18.4 Å². The van der Waals surface area contributed by atoms with Crippen molar-refractivity contribution in [2.75, 3.05) is 20.1 Å². The third-order valence-electron chi connectivity index (χ3n) is 4.86. The van der Waals surface area contributed by atoms with Gasteiger partial charge in [0.05, 0.1) is 12.2 Å². The standard InChI is InChI=1S/C16H17N3O2/c1-16-14-11(10-5-3-4-6-12(10)17-14)7-8-19(16)13(20)9-18(2)15(16)21/h3-6,17H,7-9H2,1-2H3. The van der Waals surface area contributed by atoms with Crippen LogP contribution in [0.4, 0.5) is 0 Å². The van der Waals surface area contributed by atoms with Crippen LogP contribution < -0.4 is 0 Å². The summed E-state index contributed by atoms with van der Waals surface area (Å²) in [5, 5.41) is 1.15. The van der Waals surface area contributed by atoms with Crippen LogP contribution in [-0.4, -0.2) is 46.7 Å². The zero-order valence-electron chi connectivity index (χ0n) is 12.1. The Hall–Kier alpha value is -2.30. The average molecular weight is 283 g/mol. The van der Waals surface area contributed by atoms with Gasteiger partial charge in [-0.15, -0.1) is 0 Å². The Bertz CT molecular complexity index is 779. The molecule has 2 aliphatic heterocycles. The van der Waals surface area contributed by atoms with E-state index in [2.05, 4.69) is 11.1 Å². The van der Waals surface area contributed by atoms with Crippen LogP contribution in [0.5, 0.6) is 0 Å². The van der Waals surface area contributed by atoms with E-state index in [1.54, 1.807) is 11.9 Å². The van der Waals surface area contributed by atoms with E-state index in [1.165, 1.54) is 10.5 Å². The summed E-state index contributed by atoms with van der Waals surface area (Å²) >= 11 is 0. The summed E-state index contributed by atoms with van der Waals surface area (Å²) in [7, 11) is 1.69. The van der Waals surface area contributed by atoms with E-state index in [1.807, 2.05) is 25.1 Å². The van der Waals surface area contributed by atoms with Crippen molar-refractivity contribution >= 4 is 22.7 Å². The molecule has 1 fully saturated rings. The van der Waals surface area contributed by atoms with Gasteiger partial charge in [-0.05, 0) is 25.0 Å². The van der Waals surface area contributed by atoms with E-state index >= 15 is 0 Å². The van der Waals surface area contributed by atoms with Gasteiger partial charge in [0, 0.05) is 24.5 Å². The van der Waals surface area contributed by atoms with Crippen LogP contribution in [0, 0.1) is 0 Å². The number of amides is 2. The Kier molecular flexibility index (Phi) is 2.29. The zero-order chi connectivity index (χ0) is 14.8. The van der Waals surface area contributed by atoms with Gasteiger partial charge in [-0.25, -0.2) is 0 Å². The lowest BCUT2D eigenvalue weighted by Gasteiger charge is -2.48. The maximum Gasteiger partial charge on any atom is 0.254 e. The molecule has 0 aliphatic carbocycles. The summed E-state index contributed by atoms with van der Waals surface area (Å²) in [5.41, 5.74) is 2.16. The molecule has 1 atom stereocenters. The van der Waals surface area contributed by atoms with Crippen LogP contribution in [0.25, 0.3) is 10.9 Å². The van der Waals surface area contributed by atoms with Gasteiger partial charge in [0.15, 0.2) is 5.54 Å². The molecule has 0 saturated carbocycles. The summed E-state index contributed by atoms with van der Waals surface area (Å²) in [6.45, 7) is 2.63. The van der Waals surface area contributed by atoms with Crippen molar-refractivity contribution < 1.29 is 9.59 Å². The Morgan fingerprint density at radius 3 is 2.81 bits per heavy atom. The van der Waals surface area contributed by atoms with Gasteiger partial charge in [-0.1, -0.05) is 18.2 Å². The molecule has 108 valence electrons. The minimum absolute atomic E-state index is 0.0175. The summed E-state index contributed by atoms with van der Waals surface area (Å²) in [6.07, 6.45) is 0.789. The second kappa shape index (κ2) is 3.87. The van der Waals surface area contributed by atoms with Crippen molar-refractivity contribution in [1.82, 2.24) is 14.8 Å². The molecule has 1 aromatic heterocycles. The first kappa shape index (κ1) is 12.4. The Morgan fingerprint density at radius 1 is 1.24 bits per heavy atom. The van der Waals surface area contributed by atoms with Crippen molar-refractivity contribution in [2.24, 2.45) is 0 Å². The number of carbonyl (C=O) groups is 2. The topological polar surface area (TPSA) is 56.4 Å². The Morgan fingerprint density at radius 2 is 2.00 bits per heavy atom. The maximum absolute atomic E-state index is 12.8. The van der Waals surface area contributed by atoms with Gasteiger partial charge in [0.1, 0.15) is 0 Å². The summed E-state index contributed by atoms with van der Waals surface area (Å²) in [6, 6.07) is 8.07. The second-order valence-electron chi connectivity index (χ2n) is 6.05. The van der Waals surface area contributed by atoms with E-state index in [0.717, 1.165) is 23.0 Å². The number of fused-ring (bicyclic) bond motifs is 5. The molecule has 1 N–H and O–H groups in total. The predicted octanol–water partition coefficient (Wildman–Crippen LogP) is 1.24. The fourth-order valence-electron chi connectivity index (χ4n) is 3.79. The van der Waals surface area contributed by atoms with Crippen LogP contribution in [0.3, 0.4) is 0 Å². The number of nitrogens with one attached hydrogen (secondary N) is 1. The monoisotopic (exact) mass is 283 g/mol. The number of rotatable bonds is 0. The fourth-order valence-corrected chi connectivity index (χ4v) is 3.79. The molecule has 5 heteroatoms. The molecule has 0 bridgehead atoms. The number of carbonyl (C=O) groups excluding carboxylic acids is 2. The van der Waals surface area contributed by atoms with E-state index in [4.69, 9.17) is 0 Å². The van der Waals surface area contributed by atoms with E-state index < -0.39 is 5.54 Å². The predicted molar refractivity (Wildman–Crippen MR) is 78.7 cm³/mol. The van der Waals surface area contributed by atoms with E-state index in [9.17, 15) is 9.59 Å². The Labute approximate surface area is 122 Å². The number of hydrogen-bond donors (Lipinski definition) is 1. The molecular weight excluding hydrogens is 266 g/mol. The number of benzene rings is 1. The molecular formula is C16H17N3O2. The van der Waals surface area contributed by atoms with Gasteiger partial charge in [-0.3, -0.25) is 9.59 Å². The third-order valence-corrected chi connectivity index (χ3v) is 4.86. The lowest BCUT2D eigenvalue weighted by molar-refractivity contribution is -0.164. The summed E-state index contributed by atoms with van der Waals surface area (Å²) in [5.74, 6) is -0.00138. The summed E-state index contributed by atoms with van der Waals surface area (Å²) in [4.78, 5) is 31.8. The number of aromatic amines is 1. The van der Waals surface area contributed by atoms with Crippen molar-refractivity contribution in [2.45, 2.75) is 18.9 Å². The second-order valence-corrected chi connectivity index (χ2v) is 6.05. The molecule has 1 saturated heterocycles. The Balaban J connectivity index is 2.00. The number of nitrogens with zero attached hydrogens (tertiary/aromatic N) is 2. The van der Waals surface area contributed by atoms with Crippen LogP contribution >= 0.6 is 0 Å². The summed E-state index contributed by atoms with van der Waals surface area (Å²) < 4.78 is 0. The van der Waals surface area contributed by atoms with Crippen molar-refractivity contribution in [3.63, 3.8) is 0 Å². The van der Waals surface area contributed by atoms with Crippen LogP contribution in [0.2, 0.25) is 0 Å². The van der Waals surface area contributed by atoms with Crippen LogP contribution in [0.15, 0.2) is 24.3 Å². The fraction of sp³-hybridized carbons (Fsp3) is 0.375. The molecule has 1 unspecified atom stereocenters. The van der Waals surface area contributed by atoms with Crippen LogP contribution in [-0.2, 0) is 21.5 Å². The minimum Gasteiger partial charge on any atom is -0.356 e. The van der Waals surface area contributed by atoms with Gasteiger partial charge in [-0.2, -0.15) is 0 Å². The molecule has 1 aromatic carbocycles. The SMILES string of the molecule is CN1CC(=O)N2CCc3c([nH]c4ccccc34)C2(C)C1=O. The molecule has 5 nitrogen and oxygen atoms in total. The smallest absolute Gasteiger partial charge is 0.254 e. The maximum atomic E-state index is 12.8. The highest BCUT2D eigenvalue weighted by Gasteiger charge is 2.53. The molecule has 0 radical (unpaired) electrons. The lowest BCUT2D eigenvalue weighted by atomic mass is 9.83. The molecule has 0 spiro atoms.